The Bertz CT molecular complexity index is 299. The standard InChI is InChI=1S/C17H31N/c1-13(2)16(5)8-9-18-12-17-7-6-14(3)10-15(4)11-17/h10-11,13,15-16,18H,6-9,12H2,1-5H3. The Balaban J connectivity index is 2.24. The van der Waals surface area contributed by atoms with Crippen LogP contribution in [0.4, 0.5) is 0 Å². The molecule has 1 rings (SSSR count). The second-order valence-electron chi connectivity index (χ2n) is 6.38. The van der Waals surface area contributed by atoms with Crippen molar-refractivity contribution in [3.05, 3.63) is 23.3 Å². The maximum Gasteiger partial charge on any atom is 0.0164 e. The predicted octanol–water partition coefficient (Wildman–Crippen LogP) is 4.56. The first-order valence-electron chi connectivity index (χ1n) is 7.56. The van der Waals surface area contributed by atoms with Crippen LogP contribution < -0.4 is 5.32 Å². The fourth-order valence-corrected chi connectivity index (χ4v) is 2.45. The van der Waals surface area contributed by atoms with Gasteiger partial charge in [-0.15, -0.1) is 0 Å². The molecule has 2 unspecified atom stereocenters. The lowest BCUT2D eigenvalue weighted by Crippen LogP contribution is -2.21. The lowest BCUT2D eigenvalue weighted by Gasteiger charge is -2.16. The highest BCUT2D eigenvalue weighted by molar-refractivity contribution is 5.18. The molecule has 1 nitrogen and oxygen atoms in total. The Morgan fingerprint density at radius 1 is 1.22 bits per heavy atom. The molecule has 104 valence electrons. The molecule has 1 heteroatoms. The molecule has 0 aromatic rings. The molecule has 0 spiro atoms. The highest BCUT2D eigenvalue weighted by Crippen LogP contribution is 2.20. The first-order valence-corrected chi connectivity index (χ1v) is 7.56. The summed E-state index contributed by atoms with van der Waals surface area (Å²) in [6.45, 7) is 13.8. The molecule has 0 aromatic carbocycles. The van der Waals surface area contributed by atoms with Gasteiger partial charge in [0, 0.05) is 6.54 Å². The zero-order valence-electron chi connectivity index (χ0n) is 12.9. The molecule has 18 heavy (non-hydrogen) atoms. The van der Waals surface area contributed by atoms with E-state index in [1.165, 1.54) is 19.3 Å². The summed E-state index contributed by atoms with van der Waals surface area (Å²) >= 11 is 0. The van der Waals surface area contributed by atoms with Gasteiger partial charge in [0.1, 0.15) is 0 Å². The van der Waals surface area contributed by atoms with Crippen molar-refractivity contribution < 1.29 is 0 Å². The highest BCUT2D eigenvalue weighted by atomic mass is 14.8. The fraction of sp³-hybridized carbons (Fsp3) is 0.765. The van der Waals surface area contributed by atoms with E-state index in [1.807, 2.05) is 0 Å². The number of hydrogen-bond donors (Lipinski definition) is 1. The normalized spacial score (nSPS) is 22.4. The zero-order valence-corrected chi connectivity index (χ0v) is 12.9. The topological polar surface area (TPSA) is 12.0 Å². The lowest BCUT2D eigenvalue weighted by molar-refractivity contribution is 0.385. The maximum absolute atomic E-state index is 3.61. The quantitative estimate of drug-likeness (QED) is 0.537. The smallest absolute Gasteiger partial charge is 0.0164 e. The van der Waals surface area contributed by atoms with Crippen LogP contribution in [0.15, 0.2) is 23.3 Å². The average molecular weight is 249 g/mol. The third-order valence-electron chi connectivity index (χ3n) is 4.15. The van der Waals surface area contributed by atoms with Gasteiger partial charge in [0.15, 0.2) is 0 Å². The van der Waals surface area contributed by atoms with Gasteiger partial charge in [-0.1, -0.05) is 51.0 Å². The Labute approximate surface area is 114 Å². The number of hydrogen-bond acceptors (Lipinski definition) is 1. The van der Waals surface area contributed by atoms with Gasteiger partial charge in [-0.05, 0) is 50.5 Å². The van der Waals surface area contributed by atoms with Crippen LogP contribution in [0.5, 0.6) is 0 Å². The van der Waals surface area contributed by atoms with E-state index in [4.69, 9.17) is 0 Å². The average Bonchev–Trinajstić information content (AvgIpc) is 2.45. The van der Waals surface area contributed by atoms with E-state index >= 15 is 0 Å². The van der Waals surface area contributed by atoms with Crippen LogP contribution in [0.25, 0.3) is 0 Å². The molecule has 1 aliphatic carbocycles. The van der Waals surface area contributed by atoms with Crippen LogP contribution >= 0.6 is 0 Å². The largest absolute Gasteiger partial charge is 0.313 e. The SMILES string of the molecule is CC1=CC(C)C=C(CNCCC(C)C(C)C)CC1. The Hall–Kier alpha value is -0.560. The van der Waals surface area contributed by atoms with Crippen LogP contribution in [0, 0.1) is 17.8 Å². The van der Waals surface area contributed by atoms with Crippen molar-refractivity contribution in [1.82, 2.24) is 5.32 Å². The van der Waals surface area contributed by atoms with E-state index in [0.29, 0.717) is 5.92 Å². The van der Waals surface area contributed by atoms with E-state index in [0.717, 1.165) is 24.9 Å². The second kappa shape index (κ2) is 7.78. The summed E-state index contributed by atoms with van der Waals surface area (Å²) in [5, 5.41) is 3.61. The van der Waals surface area contributed by atoms with Crippen molar-refractivity contribution in [2.75, 3.05) is 13.1 Å². The molecule has 0 aliphatic heterocycles. The second-order valence-corrected chi connectivity index (χ2v) is 6.38. The van der Waals surface area contributed by atoms with Crippen molar-refractivity contribution in [1.29, 1.82) is 0 Å². The predicted molar refractivity (Wildman–Crippen MR) is 81.7 cm³/mol. The minimum Gasteiger partial charge on any atom is -0.313 e. The van der Waals surface area contributed by atoms with E-state index in [-0.39, 0.29) is 0 Å². The maximum atomic E-state index is 3.61. The van der Waals surface area contributed by atoms with Gasteiger partial charge in [-0.3, -0.25) is 0 Å². The van der Waals surface area contributed by atoms with E-state index in [2.05, 4.69) is 52.1 Å². The van der Waals surface area contributed by atoms with Gasteiger partial charge >= 0.3 is 0 Å². The van der Waals surface area contributed by atoms with Gasteiger partial charge in [-0.25, -0.2) is 0 Å². The summed E-state index contributed by atoms with van der Waals surface area (Å²) in [5.41, 5.74) is 3.13. The summed E-state index contributed by atoms with van der Waals surface area (Å²) in [5.74, 6) is 2.23. The molecular formula is C17H31N. The molecule has 2 atom stereocenters. The molecular weight excluding hydrogens is 218 g/mol. The monoisotopic (exact) mass is 249 g/mol. The van der Waals surface area contributed by atoms with Crippen LogP contribution in [-0.4, -0.2) is 13.1 Å². The molecule has 0 saturated carbocycles. The lowest BCUT2D eigenvalue weighted by atomic mass is 9.95. The van der Waals surface area contributed by atoms with Gasteiger partial charge in [0.2, 0.25) is 0 Å². The van der Waals surface area contributed by atoms with Crippen molar-refractivity contribution >= 4 is 0 Å². The van der Waals surface area contributed by atoms with Gasteiger partial charge in [-0.2, -0.15) is 0 Å². The minimum atomic E-state index is 0.610. The zero-order chi connectivity index (χ0) is 13.5. The fourth-order valence-electron chi connectivity index (χ4n) is 2.45. The van der Waals surface area contributed by atoms with Crippen molar-refractivity contribution in [2.45, 2.75) is 53.9 Å². The Morgan fingerprint density at radius 3 is 2.61 bits per heavy atom. The third kappa shape index (κ3) is 5.86. The molecule has 0 fully saturated rings. The van der Waals surface area contributed by atoms with Crippen molar-refractivity contribution in [2.24, 2.45) is 17.8 Å². The molecule has 1 N–H and O–H groups in total. The van der Waals surface area contributed by atoms with Crippen LogP contribution in [-0.2, 0) is 0 Å². The molecule has 0 heterocycles. The first kappa shape index (κ1) is 15.5. The number of nitrogens with one attached hydrogen (secondary N) is 1. The van der Waals surface area contributed by atoms with Crippen molar-refractivity contribution in [3.63, 3.8) is 0 Å². The Morgan fingerprint density at radius 2 is 1.94 bits per heavy atom. The van der Waals surface area contributed by atoms with E-state index in [1.54, 1.807) is 11.1 Å². The molecule has 1 aliphatic rings. The third-order valence-corrected chi connectivity index (χ3v) is 4.15. The van der Waals surface area contributed by atoms with Gasteiger partial charge in [0.05, 0.1) is 0 Å². The molecule has 0 saturated heterocycles. The van der Waals surface area contributed by atoms with E-state index < -0.39 is 0 Å². The molecule has 0 bridgehead atoms. The van der Waals surface area contributed by atoms with Gasteiger partial charge in [0.25, 0.3) is 0 Å². The van der Waals surface area contributed by atoms with Crippen molar-refractivity contribution in [3.8, 4) is 0 Å². The number of allylic oxidation sites excluding steroid dienone is 3. The van der Waals surface area contributed by atoms with Crippen LogP contribution in [0.2, 0.25) is 0 Å². The summed E-state index contributed by atoms with van der Waals surface area (Å²) in [6, 6.07) is 0. The molecule has 0 radical (unpaired) electrons. The number of rotatable bonds is 6. The van der Waals surface area contributed by atoms with Gasteiger partial charge < -0.3 is 5.32 Å². The van der Waals surface area contributed by atoms with Crippen LogP contribution in [0.3, 0.4) is 0 Å². The molecule has 0 amide bonds. The van der Waals surface area contributed by atoms with E-state index in [9.17, 15) is 0 Å². The highest BCUT2D eigenvalue weighted by Gasteiger charge is 2.08. The summed E-state index contributed by atoms with van der Waals surface area (Å²) in [4.78, 5) is 0. The summed E-state index contributed by atoms with van der Waals surface area (Å²) < 4.78 is 0. The summed E-state index contributed by atoms with van der Waals surface area (Å²) in [6.07, 6.45) is 8.60. The minimum absolute atomic E-state index is 0.610. The first-order chi connectivity index (χ1) is 8.49. The molecule has 0 aromatic heterocycles. The van der Waals surface area contributed by atoms with Crippen LogP contribution in [0.1, 0.15) is 53.9 Å². The Kier molecular flexibility index (Phi) is 6.70. The summed E-state index contributed by atoms with van der Waals surface area (Å²) in [7, 11) is 0.